The van der Waals surface area contributed by atoms with Gasteiger partial charge < -0.3 is 4.74 Å². The van der Waals surface area contributed by atoms with Crippen molar-refractivity contribution in [3.05, 3.63) is 0 Å². The van der Waals surface area contributed by atoms with E-state index in [1.165, 1.54) is 7.11 Å². The molecule has 0 radical (unpaired) electrons. The van der Waals surface area contributed by atoms with Crippen LogP contribution in [0.3, 0.4) is 0 Å². The Kier molecular flexibility index (Phi) is 7.13. The minimum absolute atomic E-state index is 0.0994. The number of esters is 1. The van der Waals surface area contributed by atoms with E-state index >= 15 is 0 Å². The molecule has 21 heavy (non-hydrogen) atoms. The first-order valence-electron chi connectivity index (χ1n) is 7.87. The van der Waals surface area contributed by atoms with Crippen molar-refractivity contribution < 1.29 is 17.9 Å². The molecule has 5 nitrogen and oxygen atoms in total. The summed E-state index contributed by atoms with van der Waals surface area (Å²) >= 11 is 0. The molecule has 124 valence electrons. The van der Waals surface area contributed by atoms with Crippen molar-refractivity contribution in [1.29, 1.82) is 0 Å². The van der Waals surface area contributed by atoms with Crippen LogP contribution in [0.1, 0.15) is 59.3 Å². The Bertz CT molecular complexity index is 433. The number of methoxy groups -OCH3 is 1. The number of rotatable bonds is 7. The zero-order valence-corrected chi connectivity index (χ0v) is 14.4. The second kappa shape index (κ2) is 8.13. The van der Waals surface area contributed by atoms with Crippen LogP contribution in [-0.4, -0.2) is 32.8 Å². The first-order valence-corrected chi connectivity index (χ1v) is 9.41. The van der Waals surface area contributed by atoms with Gasteiger partial charge >= 0.3 is 5.97 Å². The number of carbonyl (C=O) groups excluding carboxylic acids is 1. The quantitative estimate of drug-likeness (QED) is 0.732. The monoisotopic (exact) mass is 319 g/mol. The Hall–Kier alpha value is -0.620. The number of hydrogen-bond acceptors (Lipinski definition) is 4. The standard InChI is InChI=1S/C15H29NO4S/c1-11(2)9-10-12(3)16-21(18,19)14-8-6-5-7-13(14)15(17)20-4/h11-14,16H,5-10H2,1-4H3. The third kappa shape index (κ3) is 5.58. The van der Waals surface area contributed by atoms with E-state index in [9.17, 15) is 13.2 Å². The average molecular weight is 319 g/mol. The van der Waals surface area contributed by atoms with Crippen LogP contribution in [0.4, 0.5) is 0 Å². The lowest BCUT2D eigenvalue weighted by Gasteiger charge is -2.30. The van der Waals surface area contributed by atoms with Gasteiger partial charge in [0, 0.05) is 6.04 Å². The molecule has 6 heteroatoms. The van der Waals surface area contributed by atoms with Gasteiger partial charge in [-0.2, -0.15) is 0 Å². The van der Waals surface area contributed by atoms with Gasteiger partial charge in [-0.25, -0.2) is 13.1 Å². The molecule has 0 aromatic carbocycles. The number of hydrogen-bond donors (Lipinski definition) is 1. The van der Waals surface area contributed by atoms with E-state index in [1.807, 2.05) is 6.92 Å². The van der Waals surface area contributed by atoms with E-state index in [1.54, 1.807) is 0 Å². The van der Waals surface area contributed by atoms with E-state index in [4.69, 9.17) is 4.74 Å². The number of nitrogens with one attached hydrogen (secondary N) is 1. The molecule has 0 bridgehead atoms. The average Bonchev–Trinajstić information content (AvgIpc) is 2.44. The van der Waals surface area contributed by atoms with Crippen LogP contribution in [0.2, 0.25) is 0 Å². The third-order valence-electron chi connectivity index (χ3n) is 4.15. The smallest absolute Gasteiger partial charge is 0.310 e. The predicted molar refractivity (Wildman–Crippen MR) is 83.4 cm³/mol. The molecule has 0 aliphatic heterocycles. The predicted octanol–water partition coefficient (Wildman–Crippen LogP) is 2.46. The van der Waals surface area contributed by atoms with Gasteiger partial charge in [0.25, 0.3) is 0 Å². The summed E-state index contributed by atoms with van der Waals surface area (Å²) in [5, 5.41) is -0.653. The summed E-state index contributed by atoms with van der Waals surface area (Å²) in [5.74, 6) is -0.382. The lowest BCUT2D eigenvalue weighted by molar-refractivity contribution is -0.146. The maximum Gasteiger partial charge on any atom is 0.310 e. The maximum atomic E-state index is 12.6. The van der Waals surface area contributed by atoms with Crippen LogP contribution in [0.5, 0.6) is 0 Å². The Balaban J connectivity index is 2.72. The second-order valence-electron chi connectivity index (χ2n) is 6.49. The molecular weight excluding hydrogens is 290 g/mol. The zero-order chi connectivity index (χ0) is 16.0. The second-order valence-corrected chi connectivity index (χ2v) is 8.42. The highest BCUT2D eigenvalue weighted by Gasteiger charge is 2.40. The first-order chi connectivity index (χ1) is 9.77. The minimum Gasteiger partial charge on any atom is -0.469 e. The van der Waals surface area contributed by atoms with Gasteiger partial charge in [-0.15, -0.1) is 0 Å². The molecule has 0 aromatic heterocycles. The molecule has 1 fully saturated rings. The van der Waals surface area contributed by atoms with Gasteiger partial charge in [0.1, 0.15) is 0 Å². The highest BCUT2D eigenvalue weighted by molar-refractivity contribution is 7.90. The van der Waals surface area contributed by atoms with Crippen LogP contribution in [0, 0.1) is 11.8 Å². The van der Waals surface area contributed by atoms with Crippen molar-refractivity contribution in [2.24, 2.45) is 11.8 Å². The van der Waals surface area contributed by atoms with Gasteiger partial charge in [-0.05, 0) is 38.5 Å². The fraction of sp³-hybridized carbons (Fsp3) is 0.933. The normalized spacial score (nSPS) is 24.8. The van der Waals surface area contributed by atoms with E-state index in [2.05, 4.69) is 18.6 Å². The summed E-state index contributed by atoms with van der Waals surface area (Å²) in [6.45, 7) is 6.13. The molecule has 0 amide bonds. The van der Waals surface area contributed by atoms with Gasteiger partial charge in [0.2, 0.25) is 10.0 Å². The van der Waals surface area contributed by atoms with Crippen LogP contribution in [0.25, 0.3) is 0 Å². The summed E-state index contributed by atoms with van der Waals surface area (Å²) < 4.78 is 32.6. The summed E-state index contributed by atoms with van der Waals surface area (Å²) in [6, 6.07) is -0.0994. The molecule has 1 aliphatic carbocycles. The van der Waals surface area contributed by atoms with E-state index in [0.717, 1.165) is 25.7 Å². The molecule has 3 atom stereocenters. The first kappa shape index (κ1) is 18.4. The molecule has 3 unspecified atom stereocenters. The Morgan fingerprint density at radius 3 is 2.38 bits per heavy atom. The van der Waals surface area contributed by atoms with E-state index in [0.29, 0.717) is 18.8 Å². The summed E-state index contributed by atoms with van der Waals surface area (Å²) in [4.78, 5) is 11.8. The summed E-state index contributed by atoms with van der Waals surface area (Å²) in [6.07, 6.45) is 4.65. The number of carbonyl (C=O) groups is 1. The maximum absolute atomic E-state index is 12.6. The lowest BCUT2D eigenvalue weighted by atomic mass is 9.89. The minimum atomic E-state index is -3.49. The number of sulfonamides is 1. The zero-order valence-electron chi connectivity index (χ0n) is 13.6. The van der Waals surface area contributed by atoms with Crippen molar-refractivity contribution in [3.63, 3.8) is 0 Å². The van der Waals surface area contributed by atoms with Crippen LogP contribution >= 0.6 is 0 Å². The third-order valence-corrected chi connectivity index (χ3v) is 6.24. The van der Waals surface area contributed by atoms with Gasteiger partial charge in [0.15, 0.2) is 0 Å². The molecule has 0 aromatic rings. The van der Waals surface area contributed by atoms with Crippen molar-refractivity contribution in [2.75, 3.05) is 7.11 Å². The highest BCUT2D eigenvalue weighted by Crippen LogP contribution is 2.30. The SMILES string of the molecule is COC(=O)C1CCCCC1S(=O)(=O)NC(C)CCC(C)C. The summed E-state index contributed by atoms with van der Waals surface area (Å²) in [7, 11) is -2.17. The lowest BCUT2D eigenvalue weighted by Crippen LogP contribution is -2.46. The Morgan fingerprint density at radius 1 is 1.19 bits per heavy atom. The topological polar surface area (TPSA) is 72.5 Å². The van der Waals surface area contributed by atoms with Crippen molar-refractivity contribution in [1.82, 2.24) is 4.72 Å². The van der Waals surface area contributed by atoms with Crippen molar-refractivity contribution in [2.45, 2.75) is 70.6 Å². The number of ether oxygens (including phenoxy) is 1. The van der Waals surface area contributed by atoms with E-state index in [-0.39, 0.29) is 6.04 Å². The van der Waals surface area contributed by atoms with Crippen molar-refractivity contribution >= 4 is 16.0 Å². The van der Waals surface area contributed by atoms with Gasteiger partial charge in [-0.3, -0.25) is 4.79 Å². The summed E-state index contributed by atoms with van der Waals surface area (Å²) in [5.41, 5.74) is 0. The molecule has 1 rings (SSSR count). The molecular formula is C15H29NO4S. The van der Waals surface area contributed by atoms with Crippen LogP contribution < -0.4 is 4.72 Å². The van der Waals surface area contributed by atoms with Gasteiger partial charge in [0.05, 0.1) is 18.3 Å². The Morgan fingerprint density at radius 2 is 1.81 bits per heavy atom. The Labute approximate surface area is 128 Å². The van der Waals surface area contributed by atoms with Crippen LogP contribution in [0.15, 0.2) is 0 Å². The highest BCUT2D eigenvalue weighted by atomic mass is 32.2. The fourth-order valence-corrected chi connectivity index (χ4v) is 4.91. The largest absolute Gasteiger partial charge is 0.469 e. The van der Waals surface area contributed by atoms with Crippen LogP contribution in [-0.2, 0) is 19.6 Å². The fourth-order valence-electron chi connectivity index (χ4n) is 2.90. The molecule has 1 aliphatic rings. The van der Waals surface area contributed by atoms with Gasteiger partial charge in [-0.1, -0.05) is 26.7 Å². The molecule has 0 saturated heterocycles. The van der Waals surface area contributed by atoms with Crippen molar-refractivity contribution in [3.8, 4) is 0 Å². The molecule has 1 saturated carbocycles. The molecule has 0 spiro atoms. The molecule has 0 heterocycles. The van der Waals surface area contributed by atoms with E-state index < -0.39 is 27.2 Å². The molecule has 1 N–H and O–H groups in total.